The van der Waals surface area contributed by atoms with Crippen molar-refractivity contribution in [3.63, 3.8) is 0 Å². The number of rotatable bonds is 5. The van der Waals surface area contributed by atoms with Gasteiger partial charge in [-0.25, -0.2) is 14.6 Å². The lowest BCUT2D eigenvalue weighted by Gasteiger charge is -2.08. The predicted octanol–water partition coefficient (Wildman–Crippen LogP) is -2.19. The van der Waals surface area contributed by atoms with Gasteiger partial charge >= 0.3 is 11.7 Å². The molecule has 1 atom stereocenters. The second-order valence-corrected chi connectivity index (χ2v) is 3.19. The lowest BCUT2D eigenvalue weighted by molar-refractivity contribution is -0.146. The lowest BCUT2D eigenvalue weighted by Crippen LogP contribution is -2.39. The van der Waals surface area contributed by atoms with Crippen LogP contribution in [0.2, 0.25) is 0 Å². The van der Waals surface area contributed by atoms with Crippen molar-refractivity contribution < 1.29 is 19.8 Å². The van der Waals surface area contributed by atoms with Crippen LogP contribution in [-0.2, 0) is 16.1 Å². The van der Waals surface area contributed by atoms with Crippen LogP contribution in [0.3, 0.4) is 0 Å². The Bertz CT molecular complexity index is 470. The highest BCUT2D eigenvalue weighted by Crippen LogP contribution is 1.83. The lowest BCUT2D eigenvalue weighted by atomic mass is 10.3. The predicted molar refractivity (Wildman–Crippen MR) is 55.1 cm³/mol. The highest BCUT2D eigenvalue weighted by molar-refractivity contribution is 5.77. The van der Waals surface area contributed by atoms with Gasteiger partial charge in [0.1, 0.15) is 6.54 Å². The van der Waals surface area contributed by atoms with Gasteiger partial charge in [-0.05, 0) is 6.07 Å². The minimum atomic E-state index is -1.66. The van der Waals surface area contributed by atoms with E-state index >= 15 is 0 Å². The van der Waals surface area contributed by atoms with Crippen LogP contribution in [0.15, 0.2) is 23.3 Å². The van der Waals surface area contributed by atoms with E-state index in [1.807, 2.05) is 0 Å². The third kappa shape index (κ3) is 4.03. The van der Waals surface area contributed by atoms with Gasteiger partial charge in [0.05, 0.1) is 6.54 Å². The quantitative estimate of drug-likeness (QED) is 0.538. The van der Waals surface area contributed by atoms with Crippen LogP contribution < -0.4 is 11.0 Å². The smallest absolute Gasteiger partial charge is 0.347 e. The minimum Gasteiger partial charge on any atom is -0.479 e. The standard InChI is InChI=1S/C9H11N3O5/c13-6(8(15)16)4-11-7(14)5-12-3-1-2-10-9(12)17/h1-3,6,13H,4-5H2,(H,11,14)(H,15,16). The molecule has 0 fully saturated rings. The molecule has 0 radical (unpaired) electrons. The molecule has 3 N–H and O–H groups in total. The molecule has 8 nitrogen and oxygen atoms in total. The summed E-state index contributed by atoms with van der Waals surface area (Å²) < 4.78 is 1.06. The molecular formula is C9H11N3O5. The molecule has 8 heteroatoms. The summed E-state index contributed by atoms with van der Waals surface area (Å²) in [6, 6.07) is 1.49. The molecule has 1 rings (SSSR count). The second kappa shape index (κ2) is 5.75. The molecular weight excluding hydrogens is 230 g/mol. The van der Waals surface area contributed by atoms with Gasteiger partial charge in [0.25, 0.3) is 0 Å². The first-order chi connectivity index (χ1) is 8.00. The molecule has 0 aliphatic carbocycles. The van der Waals surface area contributed by atoms with Crippen molar-refractivity contribution in [1.29, 1.82) is 0 Å². The Morgan fingerprint density at radius 2 is 2.24 bits per heavy atom. The van der Waals surface area contributed by atoms with Crippen LogP contribution in [0.5, 0.6) is 0 Å². The van der Waals surface area contributed by atoms with Crippen molar-refractivity contribution in [3.05, 3.63) is 28.9 Å². The van der Waals surface area contributed by atoms with Crippen molar-refractivity contribution in [2.24, 2.45) is 0 Å². The molecule has 92 valence electrons. The van der Waals surface area contributed by atoms with Crippen LogP contribution in [0.25, 0.3) is 0 Å². The monoisotopic (exact) mass is 241 g/mol. The van der Waals surface area contributed by atoms with E-state index in [-0.39, 0.29) is 6.54 Å². The number of carboxylic acids is 1. The molecule has 0 aromatic carbocycles. The fraction of sp³-hybridized carbons (Fsp3) is 0.333. The van der Waals surface area contributed by atoms with E-state index in [1.165, 1.54) is 18.5 Å². The molecule has 0 bridgehead atoms. The number of hydrogen-bond acceptors (Lipinski definition) is 5. The normalized spacial score (nSPS) is 11.8. The third-order valence-electron chi connectivity index (χ3n) is 1.87. The number of hydrogen-bond donors (Lipinski definition) is 3. The highest BCUT2D eigenvalue weighted by atomic mass is 16.4. The van der Waals surface area contributed by atoms with Crippen LogP contribution in [-0.4, -0.2) is 44.3 Å². The fourth-order valence-electron chi connectivity index (χ4n) is 1.02. The maximum atomic E-state index is 11.3. The molecule has 1 aromatic heterocycles. The maximum Gasteiger partial charge on any atom is 0.347 e. The Morgan fingerprint density at radius 1 is 1.53 bits per heavy atom. The average Bonchev–Trinajstić information content (AvgIpc) is 2.29. The second-order valence-electron chi connectivity index (χ2n) is 3.19. The summed E-state index contributed by atoms with van der Waals surface area (Å²) in [6.45, 7) is -0.692. The molecule has 0 aliphatic rings. The number of nitrogens with zero attached hydrogens (tertiary/aromatic N) is 2. The molecule has 0 saturated heterocycles. The van der Waals surface area contributed by atoms with Gasteiger partial charge in [0, 0.05) is 12.4 Å². The number of aliphatic hydroxyl groups excluding tert-OH is 1. The first-order valence-corrected chi connectivity index (χ1v) is 4.69. The van der Waals surface area contributed by atoms with E-state index in [2.05, 4.69) is 10.3 Å². The van der Waals surface area contributed by atoms with E-state index in [0.717, 1.165) is 4.57 Å². The molecule has 1 unspecified atom stereocenters. The number of amides is 1. The van der Waals surface area contributed by atoms with Crippen LogP contribution in [0, 0.1) is 0 Å². The number of aliphatic carboxylic acids is 1. The number of aliphatic hydroxyl groups is 1. The Balaban J connectivity index is 2.48. The van der Waals surface area contributed by atoms with E-state index in [0.29, 0.717) is 0 Å². The van der Waals surface area contributed by atoms with Crippen molar-refractivity contribution >= 4 is 11.9 Å². The van der Waals surface area contributed by atoms with Gasteiger partial charge in [-0.1, -0.05) is 0 Å². The van der Waals surface area contributed by atoms with Gasteiger partial charge in [-0.15, -0.1) is 0 Å². The summed E-state index contributed by atoms with van der Waals surface area (Å²) in [7, 11) is 0. The van der Waals surface area contributed by atoms with Gasteiger partial charge in [-0.2, -0.15) is 0 Å². The van der Waals surface area contributed by atoms with Gasteiger partial charge in [0.2, 0.25) is 5.91 Å². The van der Waals surface area contributed by atoms with E-state index in [9.17, 15) is 14.4 Å². The van der Waals surface area contributed by atoms with Crippen LogP contribution in [0.1, 0.15) is 0 Å². The Labute approximate surface area is 95.5 Å². The molecule has 0 saturated carbocycles. The van der Waals surface area contributed by atoms with Gasteiger partial charge in [-0.3, -0.25) is 9.36 Å². The van der Waals surface area contributed by atoms with Crippen LogP contribution in [0.4, 0.5) is 0 Å². The van der Waals surface area contributed by atoms with E-state index in [1.54, 1.807) is 0 Å². The topological polar surface area (TPSA) is 122 Å². The zero-order valence-corrected chi connectivity index (χ0v) is 8.74. The number of carboxylic acid groups (broad SMARTS) is 1. The average molecular weight is 241 g/mol. The molecule has 17 heavy (non-hydrogen) atoms. The summed E-state index contributed by atoms with van der Waals surface area (Å²) in [5.41, 5.74) is -0.582. The Morgan fingerprint density at radius 3 is 2.82 bits per heavy atom. The van der Waals surface area contributed by atoms with Crippen LogP contribution >= 0.6 is 0 Å². The highest BCUT2D eigenvalue weighted by Gasteiger charge is 2.14. The van der Waals surface area contributed by atoms with E-state index < -0.39 is 30.2 Å². The Hall–Kier alpha value is -2.22. The number of aromatic nitrogens is 2. The minimum absolute atomic E-state index is 0.279. The molecule has 1 heterocycles. The molecule has 1 amide bonds. The first-order valence-electron chi connectivity index (χ1n) is 4.69. The third-order valence-corrected chi connectivity index (χ3v) is 1.87. The van der Waals surface area contributed by atoms with Gasteiger partial charge in [0.15, 0.2) is 6.10 Å². The maximum absolute atomic E-state index is 11.3. The summed E-state index contributed by atoms with van der Waals surface area (Å²) in [4.78, 5) is 36.1. The molecule has 0 aliphatic heterocycles. The number of carbonyl (C=O) groups excluding carboxylic acids is 1. The van der Waals surface area contributed by atoms with Crippen molar-refractivity contribution in [3.8, 4) is 0 Å². The van der Waals surface area contributed by atoms with E-state index in [4.69, 9.17) is 10.2 Å². The van der Waals surface area contributed by atoms with Crippen molar-refractivity contribution in [2.75, 3.05) is 6.54 Å². The summed E-state index contributed by atoms with van der Waals surface area (Å²) in [5, 5.41) is 19.4. The SMILES string of the molecule is O=C(Cn1cccnc1=O)NCC(O)C(=O)O. The summed E-state index contributed by atoms with van der Waals surface area (Å²) >= 11 is 0. The summed E-state index contributed by atoms with van der Waals surface area (Å²) in [6.07, 6.45) is 1.01. The fourth-order valence-corrected chi connectivity index (χ4v) is 1.02. The zero-order chi connectivity index (χ0) is 12.8. The molecule has 1 aromatic rings. The molecule has 0 spiro atoms. The zero-order valence-electron chi connectivity index (χ0n) is 8.74. The number of carbonyl (C=O) groups is 2. The van der Waals surface area contributed by atoms with Crippen molar-refractivity contribution in [2.45, 2.75) is 12.6 Å². The summed E-state index contributed by atoms with van der Waals surface area (Å²) in [5.74, 6) is -2.01. The number of nitrogens with one attached hydrogen (secondary N) is 1. The van der Waals surface area contributed by atoms with Crippen molar-refractivity contribution in [1.82, 2.24) is 14.9 Å². The largest absolute Gasteiger partial charge is 0.479 e. The first kappa shape index (κ1) is 12.8. The van der Waals surface area contributed by atoms with Gasteiger partial charge < -0.3 is 15.5 Å². The Kier molecular flexibility index (Phi) is 4.35.